The van der Waals surface area contributed by atoms with Gasteiger partial charge in [-0.05, 0) is 125 Å². The van der Waals surface area contributed by atoms with Crippen molar-refractivity contribution in [2.45, 2.75) is 132 Å². The maximum absolute atomic E-state index is 15.2. The van der Waals surface area contributed by atoms with Crippen LogP contribution in [0.2, 0.25) is 0 Å². The third-order valence-corrected chi connectivity index (χ3v) is 18.7. The molecule has 5 fully saturated rings. The standard InChI is InChI=1S/C56H69FN8O9S/c1-34(2)39-8-5-6-9-40(39)41-10-7-11-46(41)64-32-56(33-64)20-24-63(25-21-56)36-12-13-42(48(26-36)74-50-29-43-44(57)30-58-52(43)60-54(50)73-37-16-22-62(4)23-17-37)53(66)61-75(70,71)38-27-47(65(68)69)51-49(28-38)72-31-45(59-51)35-14-18-55(3,67)19-15-35/h5-6,8-9,12-13,26-30,34-35,37,41,45-46,59,67H,7,10-11,14-25,31-33H2,1-4H3,(H,58,60)(H,61,66)/t35-,41-,45-,46?,55-/m1/s1. The van der Waals surface area contributed by atoms with Crippen molar-refractivity contribution in [2.24, 2.45) is 11.3 Å². The number of aliphatic hydroxyl groups is 1. The molecule has 1 amide bonds. The van der Waals surface area contributed by atoms with Crippen LogP contribution in [0.3, 0.4) is 0 Å². The molecular formula is C56H69FN8O9S. The minimum atomic E-state index is -4.77. The van der Waals surface area contributed by atoms with E-state index in [1.807, 2.05) is 7.05 Å². The van der Waals surface area contributed by atoms with Gasteiger partial charge in [0.1, 0.15) is 29.9 Å². The normalized spacial score (nSPS) is 25.3. The summed E-state index contributed by atoms with van der Waals surface area (Å²) >= 11 is 0. The minimum Gasteiger partial charge on any atom is -0.489 e. The van der Waals surface area contributed by atoms with Crippen LogP contribution in [0.1, 0.15) is 125 Å². The van der Waals surface area contributed by atoms with Crippen molar-refractivity contribution in [3.8, 4) is 23.1 Å². The minimum absolute atomic E-state index is 0.0196. The number of nitrogens with zero attached hydrogens (tertiary/aromatic N) is 5. The van der Waals surface area contributed by atoms with Gasteiger partial charge in [0.25, 0.3) is 27.5 Å². The fraction of sp³-hybridized carbons (Fsp3) is 0.536. The lowest BCUT2D eigenvalue weighted by Gasteiger charge is -2.57. The largest absolute Gasteiger partial charge is 0.489 e. The van der Waals surface area contributed by atoms with Crippen molar-refractivity contribution in [1.29, 1.82) is 0 Å². The molecule has 400 valence electrons. The first kappa shape index (κ1) is 51.1. The van der Waals surface area contributed by atoms with Crippen LogP contribution in [0.15, 0.2) is 71.8 Å². The number of hydrogen-bond donors (Lipinski definition) is 4. The maximum Gasteiger partial charge on any atom is 0.297 e. The van der Waals surface area contributed by atoms with E-state index in [0.29, 0.717) is 56.4 Å². The molecule has 1 spiro atoms. The van der Waals surface area contributed by atoms with E-state index in [9.17, 15) is 28.4 Å². The molecule has 2 saturated carbocycles. The summed E-state index contributed by atoms with van der Waals surface area (Å²) in [6, 6.07) is 17.7. The summed E-state index contributed by atoms with van der Waals surface area (Å²) in [5.41, 5.74) is 2.76. The molecule has 0 radical (unpaired) electrons. The first-order valence-electron chi connectivity index (χ1n) is 26.9. The molecular weight excluding hydrogens is 980 g/mol. The number of fused-ring (bicyclic) bond motifs is 2. The number of anilines is 2. The predicted octanol–water partition coefficient (Wildman–Crippen LogP) is 9.47. The number of aromatic nitrogens is 2. The molecule has 2 aromatic heterocycles. The van der Waals surface area contributed by atoms with E-state index in [0.717, 1.165) is 63.9 Å². The van der Waals surface area contributed by atoms with Crippen LogP contribution in [0.5, 0.6) is 23.1 Å². The average Bonchev–Trinajstić information content (AvgIpc) is 4.02. The van der Waals surface area contributed by atoms with E-state index in [4.69, 9.17) is 14.2 Å². The van der Waals surface area contributed by atoms with Crippen molar-refractivity contribution in [1.82, 2.24) is 24.5 Å². The Hall–Kier alpha value is -6.02. The Morgan fingerprint density at radius 3 is 2.45 bits per heavy atom. The highest BCUT2D eigenvalue weighted by Gasteiger charge is 2.50. The van der Waals surface area contributed by atoms with Gasteiger partial charge in [0.2, 0.25) is 0 Å². The number of carbonyl (C=O) groups is 1. The van der Waals surface area contributed by atoms with Gasteiger partial charge in [-0.3, -0.25) is 19.8 Å². The number of halogens is 1. The van der Waals surface area contributed by atoms with Gasteiger partial charge in [-0.2, -0.15) is 4.98 Å². The zero-order valence-corrected chi connectivity index (χ0v) is 44.1. The van der Waals surface area contributed by atoms with E-state index in [1.165, 1.54) is 54.8 Å². The van der Waals surface area contributed by atoms with Crippen LogP contribution < -0.4 is 29.1 Å². The number of amides is 1. The summed E-state index contributed by atoms with van der Waals surface area (Å²) in [6.45, 7) is 11.7. The number of aromatic amines is 1. The highest BCUT2D eigenvalue weighted by Crippen LogP contribution is 2.50. The Kier molecular flexibility index (Phi) is 13.7. The van der Waals surface area contributed by atoms with Crippen LogP contribution in [0.25, 0.3) is 11.0 Å². The Labute approximate surface area is 437 Å². The second-order valence-corrected chi connectivity index (χ2v) is 24.6. The molecule has 1 unspecified atom stereocenters. The topological polar surface area (TPSA) is 205 Å². The van der Waals surface area contributed by atoms with Crippen LogP contribution in [-0.2, 0) is 10.0 Å². The molecule has 3 aromatic carbocycles. The van der Waals surface area contributed by atoms with Gasteiger partial charge < -0.3 is 39.4 Å². The van der Waals surface area contributed by atoms with Crippen molar-refractivity contribution in [3.63, 3.8) is 0 Å². The number of likely N-dealkylation sites (tertiary alicyclic amines) is 2. The highest BCUT2D eigenvalue weighted by molar-refractivity contribution is 7.90. The number of ether oxygens (including phenoxy) is 3. The maximum atomic E-state index is 15.2. The quantitative estimate of drug-likeness (QED) is 0.0641. The fourth-order valence-electron chi connectivity index (χ4n) is 12.9. The molecule has 3 atom stereocenters. The molecule has 2 aliphatic carbocycles. The molecule has 17 nitrogen and oxygen atoms in total. The number of sulfonamides is 1. The molecule has 5 aromatic rings. The summed E-state index contributed by atoms with van der Waals surface area (Å²) < 4.78 is 65.0. The summed E-state index contributed by atoms with van der Waals surface area (Å²) in [6.07, 6.45) is 10.5. The van der Waals surface area contributed by atoms with E-state index in [2.05, 4.69) is 72.8 Å². The molecule has 11 rings (SSSR count). The number of carbonyl (C=O) groups excluding carboxylic acids is 1. The number of rotatable bonds is 13. The van der Waals surface area contributed by atoms with Crippen molar-refractivity contribution in [3.05, 3.63) is 99.5 Å². The van der Waals surface area contributed by atoms with Gasteiger partial charge in [0.05, 0.1) is 32.4 Å². The average molecular weight is 1050 g/mol. The molecule has 4 N–H and O–H groups in total. The lowest BCUT2D eigenvalue weighted by molar-refractivity contribution is -0.384. The second kappa shape index (κ2) is 20.2. The number of nitro benzene ring substituents is 1. The SMILES string of the molecule is CC(C)c1ccccc1[C@H]1CCCC1N1CC2(CCN(c3ccc(C(=O)NS(=O)(=O)c4cc5c(c([N+](=O)[O-])c4)N[C@@H]([C@H]4CC[C@](C)(O)CC4)CO5)c(Oc4cc5c(F)c[nH]c5nc4OC4CCN(C)CC4)c3)CC2)C1. The zero-order chi connectivity index (χ0) is 52.4. The molecule has 6 heterocycles. The fourth-order valence-corrected chi connectivity index (χ4v) is 13.9. The molecule has 6 aliphatic rings. The number of benzene rings is 3. The highest BCUT2D eigenvalue weighted by atomic mass is 32.2. The number of nitrogens with one attached hydrogen (secondary N) is 3. The Morgan fingerprint density at radius 2 is 1.72 bits per heavy atom. The van der Waals surface area contributed by atoms with Crippen LogP contribution in [-0.4, -0.2) is 121 Å². The number of piperidine rings is 2. The Morgan fingerprint density at radius 1 is 0.973 bits per heavy atom. The molecule has 3 saturated heterocycles. The summed E-state index contributed by atoms with van der Waals surface area (Å²) in [7, 11) is -2.73. The third kappa shape index (κ3) is 10.4. The lowest BCUT2D eigenvalue weighted by Crippen LogP contribution is -2.63. The van der Waals surface area contributed by atoms with E-state index < -0.39 is 42.9 Å². The summed E-state index contributed by atoms with van der Waals surface area (Å²) in [5, 5.41) is 26.4. The second-order valence-electron chi connectivity index (χ2n) is 22.9. The first-order valence-corrected chi connectivity index (χ1v) is 28.3. The van der Waals surface area contributed by atoms with Crippen molar-refractivity contribution < 1.29 is 41.8 Å². The first-order chi connectivity index (χ1) is 35.9. The third-order valence-electron chi connectivity index (χ3n) is 17.4. The zero-order valence-electron chi connectivity index (χ0n) is 43.3. The van der Waals surface area contributed by atoms with Gasteiger partial charge in [0.15, 0.2) is 17.2 Å². The molecule has 0 bridgehead atoms. The van der Waals surface area contributed by atoms with E-state index in [1.54, 1.807) is 19.1 Å². The van der Waals surface area contributed by atoms with E-state index >= 15 is 4.39 Å². The van der Waals surface area contributed by atoms with Gasteiger partial charge in [-0.25, -0.2) is 17.5 Å². The van der Waals surface area contributed by atoms with Gasteiger partial charge in [0, 0.05) is 81.5 Å². The number of H-pyrrole nitrogens is 1. The number of pyridine rings is 1. The van der Waals surface area contributed by atoms with Gasteiger partial charge in [-0.1, -0.05) is 44.5 Å². The lowest BCUT2D eigenvalue weighted by atomic mass is 9.70. The van der Waals surface area contributed by atoms with Crippen LogP contribution in [0.4, 0.5) is 21.5 Å². The monoisotopic (exact) mass is 1050 g/mol. The number of hydrogen-bond acceptors (Lipinski definition) is 14. The Balaban J connectivity index is 0.856. The van der Waals surface area contributed by atoms with Crippen LogP contribution >= 0.6 is 0 Å². The van der Waals surface area contributed by atoms with Crippen LogP contribution in [0, 0.1) is 27.3 Å². The molecule has 19 heteroatoms. The molecule has 4 aliphatic heterocycles. The smallest absolute Gasteiger partial charge is 0.297 e. The van der Waals surface area contributed by atoms with E-state index in [-0.39, 0.29) is 75.5 Å². The van der Waals surface area contributed by atoms with Crippen molar-refractivity contribution >= 4 is 44.0 Å². The predicted molar refractivity (Wildman–Crippen MR) is 283 cm³/mol. The molecule has 75 heavy (non-hydrogen) atoms. The number of nitro groups is 1. The Bertz CT molecular complexity index is 3080. The summed E-state index contributed by atoms with van der Waals surface area (Å²) in [4.78, 5) is 40.5. The van der Waals surface area contributed by atoms with Gasteiger partial charge in [-0.15, -0.1) is 0 Å². The summed E-state index contributed by atoms with van der Waals surface area (Å²) in [5.74, 6) is -0.468. The van der Waals surface area contributed by atoms with Crippen molar-refractivity contribution in [2.75, 3.05) is 63.1 Å². The van der Waals surface area contributed by atoms with Gasteiger partial charge >= 0.3 is 0 Å².